The lowest BCUT2D eigenvalue weighted by molar-refractivity contribution is -0.923. The Labute approximate surface area is 298 Å². The van der Waals surface area contributed by atoms with Crippen LogP contribution in [0.4, 0.5) is 0 Å². The van der Waals surface area contributed by atoms with Crippen LogP contribution in [0.3, 0.4) is 0 Å². The molecule has 4 aromatic carbocycles. The molecule has 0 amide bonds. The van der Waals surface area contributed by atoms with Gasteiger partial charge in [0.25, 0.3) is 0 Å². The van der Waals surface area contributed by atoms with Crippen molar-refractivity contribution in [1.29, 1.82) is 0 Å². The van der Waals surface area contributed by atoms with E-state index in [1.165, 1.54) is 33.4 Å². The number of likely N-dealkylation sites (N-methyl/N-ethyl adjacent to an activating group) is 2. The largest absolute Gasteiger partial charge is 0.496 e. The first-order chi connectivity index (χ1) is 24.0. The molecule has 0 radical (unpaired) electrons. The first kappa shape index (κ1) is 35.4. The van der Waals surface area contributed by atoms with Crippen LogP contribution in [0.1, 0.15) is 45.5 Å². The van der Waals surface area contributed by atoms with Crippen molar-refractivity contribution in [3.05, 3.63) is 94.0 Å². The third-order valence-electron chi connectivity index (χ3n) is 11.3. The zero-order chi connectivity index (χ0) is 35.8. The van der Waals surface area contributed by atoms with Crippen LogP contribution in [0.25, 0.3) is 11.1 Å². The molecule has 0 bridgehead atoms. The van der Waals surface area contributed by atoms with E-state index in [2.05, 4.69) is 88.9 Å². The number of ether oxygens (including phenoxy) is 6. The van der Waals surface area contributed by atoms with Crippen molar-refractivity contribution in [2.45, 2.75) is 37.8 Å². The van der Waals surface area contributed by atoms with Crippen LogP contribution in [0.5, 0.6) is 34.5 Å². The van der Waals surface area contributed by atoms with Crippen LogP contribution in [-0.4, -0.2) is 92.9 Å². The zero-order valence-electron chi connectivity index (χ0n) is 31.5. The Kier molecular flexibility index (Phi) is 9.98. The maximum Gasteiger partial charge on any atom is 0.161 e. The number of hydrogen-bond donors (Lipinski definition) is 0. The Balaban J connectivity index is 1.39. The normalized spacial score (nSPS) is 18.8. The number of benzene rings is 4. The van der Waals surface area contributed by atoms with Gasteiger partial charge in [0.1, 0.15) is 23.6 Å². The quantitative estimate of drug-likeness (QED) is 0.156. The van der Waals surface area contributed by atoms with E-state index in [0.717, 1.165) is 93.4 Å². The molecular formula is C42H54N2O6+2. The predicted octanol–water partition coefficient (Wildman–Crippen LogP) is 7.24. The van der Waals surface area contributed by atoms with Crippen LogP contribution < -0.4 is 28.4 Å². The van der Waals surface area contributed by atoms with Crippen LogP contribution in [0.2, 0.25) is 0 Å². The average molecular weight is 683 g/mol. The van der Waals surface area contributed by atoms with Crippen molar-refractivity contribution < 1.29 is 37.4 Å². The SMILES string of the molecule is COc1cc2c(cc1OC)[C@H](Cc1ccc(OC)c(-c3cc(C[C@H]4c5cc(OC)c(OC)cc5CC[N+]4(C)C)ccc3OC)c1)[N+](C)(C)CC2. The van der Waals surface area contributed by atoms with Crippen molar-refractivity contribution in [3.8, 4) is 45.6 Å². The van der Waals surface area contributed by atoms with E-state index in [1.807, 2.05) is 0 Å². The van der Waals surface area contributed by atoms with Gasteiger partial charge in [-0.2, -0.15) is 0 Å². The van der Waals surface area contributed by atoms with Gasteiger partial charge in [-0.1, -0.05) is 12.1 Å². The molecule has 0 saturated carbocycles. The van der Waals surface area contributed by atoms with Gasteiger partial charge in [-0.15, -0.1) is 0 Å². The van der Waals surface area contributed by atoms with E-state index in [1.54, 1.807) is 42.7 Å². The van der Waals surface area contributed by atoms with Gasteiger partial charge < -0.3 is 37.4 Å². The summed E-state index contributed by atoms with van der Waals surface area (Å²) in [5.74, 6) is 4.77. The molecule has 8 nitrogen and oxygen atoms in total. The number of quaternary nitrogens is 2. The van der Waals surface area contributed by atoms with Crippen molar-refractivity contribution in [2.24, 2.45) is 0 Å². The molecule has 0 spiro atoms. The molecule has 6 rings (SSSR count). The van der Waals surface area contributed by atoms with E-state index >= 15 is 0 Å². The zero-order valence-corrected chi connectivity index (χ0v) is 31.5. The minimum absolute atomic E-state index is 0.245. The van der Waals surface area contributed by atoms with Gasteiger partial charge in [0.2, 0.25) is 0 Å². The highest BCUT2D eigenvalue weighted by molar-refractivity contribution is 5.77. The van der Waals surface area contributed by atoms with E-state index in [4.69, 9.17) is 28.4 Å². The van der Waals surface area contributed by atoms with E-state index in [0.29, 0.717) is 0 Å². The van der Waals surface area contributed by atoms with Crippen molar-refractivity contribution in [2.75, 3.05) is 83.9 Å². The summed E-state index contributed by atoms with van der Waals surface area (Å²) in [5, 5.41) is 0. The van der Waals surface area contributed by atoms with Gasteiger partial charge in [0, 0.05) is 47.9 Å². The minimum Gasteiger partial charge on any atom is -0.496 e. The highest BCUT2D eigenvalue weighted by Gasteiger charge is 2.38. The van der Waals surface area contributed by atoms with Gasteiger partial charge in [-0.25, -0.2) is 0 Å². The Morgan fingerprint density at radius 1 is 0.460 bits per heavy atom. The Morgan fingerprint density at radius 3 is 1.14 bits per heavy atom. The number of fused-ring (bicyclic) bond motifs is 2. The fraction of sp³-hybridized carbons (Fsp3) is 0.429. The number of nitrogens with zero attached hydrogens (tertiary/aromatic N) is 2. The van der Waals surface area contributed by atoms with Gasteiger partial charge >= 0.3 is 0 Å². The second kappa shape index (κ2) is 14.1. The molecule has 2 aliphatic heterocycles. The molecule has 50 heavy (non-hydrogen) atoms. The molecule has 0 unspecified atom stereocenters. The third kappa shape index (κ3) is 6.59. The van der Waals surface area contributed by atoms with Crippen LogP contribution in [0.15, 0.2) is 60.7 Å². The Hall–Kier alpha value is -4.40. The highest BCUT2D eigenvalue weighted by atomic mass is 16.5. The summed E-state index contributed by atoms with van der Waals surface area (Å²) in [6.07, 6.45) is 3.73. The highest BCUT2D eigenvalue weighted by Crippen LogP contribution is 2.45. The number of methoxy groups -OCH3 is 6. The van der Waals surface area contributed by atoms with E-state index in [9.17, 15) is 0 Å². The monoisotopic (exact) mass is 682 g/mol. The summed E-state index contributed by atoms with van der Waals surface area (Å²) in [6, 6.07) is 22.4. The molecular weight excluding hydrogens is 628 g/mol. The molecule has 266 valence electrons. The molecule has 8 heteroatoms. The Bertz CT molecular complexity index is 1730. The molecule has 0 N–H and O–H groups in total. The number of hydrogen-bond acceptors (Lipinski definition) is 6. The van der Waals surface area contributed by atoms with Crippen molar-refractivity contribution >= 4 is 0 Å². The van der Waals surface area contributed by atoms with Crippen LogP contribution >= 0.6 is 0 Å². The molecule has 2 heterocycles. The standard InChI is InChI=1S/C42H54N2O6/c1-43(2)17-15-29-23-39(47-7)41(49-9)25-31(29)35(43)21-27-11-13-37(45-5)33(19-27)34-20-28(12-14-38(34)46-6)22-36-32-26-42(50-10)40(48-8)24-30(32)16-18-44(36,3)4/h11-14,19-20,23-26,35-36H,15-18,21-22H2,1-10H3/q+2/t35-,36-/m0/s1. The predicted molar refractivity (Wildman–Crippen MR) is 198 cm³/mol. The fourth-order valence-electron chi connectivity index (χ4n) is 8.15. The average Bonchev–Trinajstić information content (AvgIpc) is 3.12. The van der Waals surface area contributed by atoms with E-state index < -0.39 is 0 Å². The fourth-order valence-corrected chi connectivity index (χ4v) is 8.15. The third-order valence-corrected chi connectivity index (χ3v) is 11.3. The lowest BCUT2D eigenvalue weighted by atomic mass is 9.85. The molecule has 2 aliphatic rings. The van der Waals surface area contributed by atoms with Crippen LogP contribution in [0, 0.1) is 0 Å². The molecule has 4 aromatic rings. The molecule has 0 saturated heterocycles. The second-order valence-corrected chi connectivity index (χ2v) is 14.8. The summed E-state index contributed by atoms with van der Waals surface area (Å²) >= 11 is 0. The lowest BCUT2D eigenvalue weighted by Crippen LogP contribution is -2.48. The maximum absolute atomic E-state index is 6.00. The van der Waals surface area contributed by atoms with Crippen molar-refractivity contribution in [3.63, 3.8) is 0 Å². The summed E-state index contributed by atoms with van der Waals surface area (Å²) in [7, 11) is 19.6. The lowest BCUT2D eigenvalue weighted by Gasteiger charge is -2.43. The molecule has 0 aromatic heterocycles. The smallest absolute Gasteiger partial charge is 0.161 e. The molecule has 0 fully saturated rings. The van der Waals surface area contributed by atoms with Gasteiger partial charge in [0.05, 0.1) is 83.9 Å². The second-order valence-electron chi connectivity index (χ2n) is 14.8. The maximum atomic E-state index is 6.00. The number of rotatable bonds is 11. The summed E-state index contributed by atoms with van der Waals surface area (Å²) in [4.78, 5) is 0. The molecule has 0 aliphatic carbocycles. The molecule has 2 atom stereocenters. The first-order valence-electron chi connectivity index (χ1n) is 17.5. The minimum atomic E-state index is 0.245. The van der Waals surface area contributed by atoms with Gasteiger partial charge in [0.15, 0.2) is 23.0 Å². The summed E-state index contributed by atoms with van der Waals surface area (Å²) in [5.41, 5.74) is 9.84. The van der Waals surface area contributed by atoms with E-state index in [-0.39, 0.29) is 12.1 Å². The summed E-state index contributed by atoms with van der Waals surface area (Å²) < 4.78 is 36.6. The van der Waals surface area contributed by atoms with Crippen molar-refractivity contribution in [1.82, 2.24) is 0 Å². The first-order valence-corrected chi connectivity index (χ1v) is 17.5. The van der Waals surface area contributed by atoms with Crippen LogP contribution in [-0.2, 0) is 25.7 Å². The van der Waals surface area contributed by atoms with Gasteiger partial charge in [-0.05, 0) is 70.8 Å². The topological polar surface area (TPSA) is 55.4 Å². The van der Waals surface area contributed by atoms with Gasteiger partial charge in [-0.3, -0.25) is 0 Å². The Morgan fingerprint density at radius 2 is 0.800 bits per heavy atom. The summed E-state index contributed by atoms with van der Waals surface area (Å²) in [6.45, 7) is 2.09.